The summed E-state index contributed by atoms with van der Waals surface area (Å²) in [5.74, 6) is -0.0802. The zero-order chi connectivity index (χ0) is 19.0. The van der Waals surface area contributed by atoms with Crippen LogP contribution in [-0.2, 0) is 16.1 Å². The first-order chi connectivity index (χ1) is 12.7. The molecule has 0 amide bonds. The molecule has 1 atom stereocenters. The Balaban J connectivity index is 2.12. The smallest absolute Gasteiger partial charge is 0.332 e. The monoisotopic (exact) mass is 364 g/mol. The number of aliphatic carboxylic acids is 1. The first-order valence-corrected chi connectivity index (χ1v) is 10.1. The standard InChI is InChI=1S/C22H36O4/c1-3-4-5-6-7-8-9-10-11-12-13-21(22(23)24)26-18-19-14-16-20(25-2)17-15-19/h14-17,21H,3-13,18H2,1-2H3,(H,23,24)/t21-/m1/s1. The lowest BCUT2D eigenvalue weighted by atomic mass is 10.0. The number of rotatable bonds is 16. The van der Waals surface area contributed by atoms with Crippen LogP contribution < -0.4 is 4.74 Å². The highest BCUT2D eigenvalue weighted by Gasteiger charge is 2.17. The van der Waals surface area contributed by atoms with Crippen LogP contribution in [0.3, 0.4) is 0 Å². The highest BCUT2D eigenvalue weighted by atomic mass is 16.5. The molecule has 4 heteroatoms. The van der Waals surface area contributed by atoms with Gasteiger partial charge in [0.25, 0.3) is 0 Å². The largest absolute Gasteiger partial charge is 0.497 e. The van der Waals surface area contributed by atoms with Crippen molar-refractivity contribution in [3.8, 4) is 5.75 Å². The Bertz CT molecular complexity index is 470. The number of hydrogen-bond acceptors (Lipinski definition) is 3. The minimum atomic E-state index is -0.866. The van der Waals surface area contributed by atoms with Gasteiger partial charge in [-0.3, -0.25) is 0 Å². The third-order valence-corrected chi connectivity index (χ3v) is 4.71. The molecular weight excluding hydrogens is 328 g/mol. The summed E-state index contributed by atoms with van der Waals surface area (Å²) in [7, 11) is 1.62. The summed E-state index contributed by atoms with van der Waals surface area (Å²) in [6.45, 7) is 2.56. The molecule has 26 heavy (non-hydrogen) atoms. The maximum Gasteiger partial charge on any atom is 0.332 e. The summed E-state index contributed by atoms with van der Waals surface area (Å²) in [6, 6.07) is 7.52. The number of carboxylic acid groups (broad SMARTS) is 1. The Hall–Kier alpha value is -1.55. The predicted octanol–water partition coefficient (Wildman–Crippen LogP) is 5.98. The second-order valence-corrected chi connectivity index (χ2v) is 6.96. The van der Waals surface area contributed by atoms with Crippen LogP contribution in [0.25, 0.3) is 0 Å². The topological polar surface area (TPSA) is 55.8 Å². The average Bonchev–Trinajstić information content (AvgIpc) is 2.65. The van der Waals surface area contributed by atoms with Gasteiger partial charge in [0.05, 0.1) is 13.7 Å². The van der Waals surface area contributed by atoms with E-state index in [1.807, 2.05) is 24.3 Å². The molecule has 0 aromatic heterocycles. The molecule has 1 N–H and O–H groups in total. The van der Waals surface area contributed by atoms with Crippen LogP contribution in [0.15, 0.2) is 24.3 Å². The van der Waals surface area contributed by atoms with Gasteiger partial charge in [-0.25, -0.2) is 4.79 Å². The van der Waals surface area contributed by atoms with Crippen molar-refractivity contribution >= 4 is 5.97 Å². The van der Waals surface area contributed by atoms with Gasteiger partial charge in [0.1, 0.15) is 5.75 Å². The molecule has 0 unspecified atom stereocenters. The molecule has 0 aliphatic heterocycles. The van der Waals surface area contributed by atoms with E-state index >= 15 is 0 Å². The van der Waals surface area contributed by atoms with Crippen molar-refractivity contribution in [2.75, 3.05) is 7.11 Å². The molecule has 0 saturated carbocycles. The average molecular weight is 365 g/mol. The molecule has 0 bridgehead atoms. The maximum atomic E-state index is 11.4. The Labute approximate surface area is 158 Å². The number of carbonyl (C=O) groups is 1. The first kappa shape index (κ1) is 22.5. The van der Waals surface area contributed by atoms with Gasteiger partial charge < -0.3 is 14.6 Å². The van der Waals surface area contributed by atoms with Gasteiger partial charge >= 0.3 is 5.97 Å². The van der Waals surface area contributed by atoms with Crippen molar-refractivity contribution in [2.24, 2.45) is 0 Å². The fraction of sp³-hybridized carbons (Fsp3) is 0.682. The predicted molar refractivity (Wildman–Crippen MR) is 106 cm³/mol. The van der Waals surface area contributed by atoms with Crippen LogP contribution in [-0.4, -0.2) is 24.3 Å². The van der Waals surface area contributed by atoms with Gasteiger partial charge in [0.15, 0.2) is 6.10 Å². The fourth-order valence-electron chi connectivity index (χ4n) is 3.01. The molecule has 0 fully saturated rings. The Morgan fingerprint density at radius 2 is 1.46 bits per heavy atom. The summed E-state index contributed by atoms with van der Waals surface area (Å²) in [4.78, 5) is 11.4. The van der Waals surface area contributed by atoms with Crippen LogP contribution in [0.4, 0.5) is 0 Å². The Morgan fingerprint density at radius 1 is 0.923 bits per heavy atom. The molecule has 0 radical (unpaired) electrons. The summed E-state index contributed by atoms with van der Waals surface area (Å²) >= 11 is 0. The third-order valence-electron chi connectivity index (χ3n) is 4.71. The first-order valence-electron chi connectivity index (χ1n) is 10.1. The van der Waals surface area contributed by atoms with E-state index in [1.54, 1.807) is 7.11 Å². The van der Waals surface area contributed by atoms with Crippen LogP contribution in [0.2, 0.25) is 0 Å². The van der Waals surface area contributed by atoms with Crippen molar-refractivity contribution in [1.82, 2.24) is 0 Å². The van der Waals surface area contributed by atoms with E-state index in [2.05, 4.69) is 6.92 Å². The van der Waals surface area contributed by atoms with Crippen molar-refractivity contribution in [3.63, 3.8) is 0 Å². The van der Waals surface area contributed by atoms with E-state index < -0.39 is 12.1 Å². The summed E-state index contributed by atoms with van der Waals surface area (Å²) in [5, 5.41) is 9.33. The normalized spacial score (nSPS) is 12.1. The molecule has 0 spiro atoms. The Morgan fingerprint density at radius 3 is 1.96 bits per heavy atom. The quantitative estimate of drug-likeness (QED) is 0.367. The SMILES string of the molecule is CCCCCCCCCCCC[C@@H](OCc1ccc(OC)cc1)C(=O)O. The molecule has 1 aromatic carbocycles. The highest BCUT2D eigenvalue weighted by molar-refractivity contribution is 5.72. The van der Waals surface area contributed by atoms with E-state index in [4.69, 9.17) is 9.47 Å². The number of carboxylic acids is 1. The molecular formula is C22H36O4. The second kappa shape index (κ2) is 14.6. The number of benzene rings is 1. The lowest BCUT2D eigenvalue weighted by Crippen LogP contribution is -2.23. The molecule has 0 heterocycles. The number of methoxy groups -OCH3 is 1. The summed E-state index contributed by atoms with van der Waals surface area (Å²) < 4.78 is 10.7. The van der Waals surface area contributed by atoms with Gasteiger partial charge in [-0.15, -0.1) is 0 Å². The molecule has 148 valence electrons. The number of unbranched alkanes of at least 4 members (excludes halogenated alkanes) is 9. The van der Waals surface area contributed by atoms with E-state index in [9.17, 15) is 9.90 Å². The van der Waals surface area contributed by atoms with E-state index in [1.165, 1.54) is 51.4 Å². The van der Waals surface area contributed by atoms with Gasteiger partial charge in [-0.2, -0.15) is 0 Å². The minimum absolute atomic E-state index is 0.318. The van der Waals surface area contributed by atoms with Gasteiger partial charge in [-0.1, -0.05) is 83.3 Å². The highest BCUT2D eigenvalue weighted by Crippen LogP contribution is 2.16. The maximum absolute atomic E-state index is 11.4. The fourth-order valence-corrected chi connectivity index (χ4v) is 3.01. The van der Waals surface area contributed by atoms with E-state index in [-0.39, 0.29) is 0 Å². The molecule has 1 rings (SSSR count). The van der Waals surface area contributed by atoms with Crippen LogP contribution >= 0.6 is 0 Å². The van der Waals surface area contributed by atoms with Crippen LogP contribution in [0, 0.1) is 0 Å². The molecule has 0 aliphatic rings. The molecule has 4 nitrogen and oxygen atoms in total. The van der Waals surface area contributed by atoms with Crippen molar-refractivity contribution in [3.05, 3.63) is 29.8 Å². The zero-order valence-corrected chi connectivity index (χ0v) is 16.5. The molecule has 1 aromatic rings. The van der Waals surface area contributed by atoms with Gasteiger partial charge in [-0.05, 0) is 24.1 Å². The number of ether oxygens (including phenoxy) is 2. The summed E-state index contributed by atoms with van der Waals surface area (Å²) in [6.07, 6.45) is 12.3. The van der Waals surface area contributed by atoms with Crippen molar-refractivity contribution in [2.45, 2.75) is 90.3 Å². The zero-order valence-electron chi connectivity index (χ0n) is 16.5. The van der Waals surface area contributed by atoms with Crippen molar-refractivity contribution < 1.29 is 19.4 Å². The second-order valence-electron chi connectivity index (χ2n) is 6.96. The molecule has 0 saturated heterocycles. The Kier molecular flexibility index (Phi) is 12.6. The van der Waals surface area contributed by atoms with Crippen LogP contribution in [0.1, 0.15) is 83.1 Å². The minimum Gasteiger partial charge on any atom is -0.497 e. The van der Waals surface area contributed by atoms with Crippen LogP contribution in [0.5, 0.6) is 5.75 Å². The molecule has 0 aliphatic carbocycles. The van der Waals surface area contributed by atoms with E-state index in [0.29, 0.717) is 13.0 Å². The lowest BCUT2D eigenvalue weighted by molar-refractivity contribution is -0.151. The lowest BCUT2D eigenvalue weighted by Gasteiger charge is -2.14. The summed E-state index contributed by atoms with van der Waals surface area (Å²) in [5.41, 5.74) is 0.958. The van der Waals surface area contributed by atoms with E-state index in [0.717, 1.165) is 24.2 Å². The van der Waals surface area contributed by atoms with Crippen molar-refractivity contribution in [1.29, 1.82) is 0 Å². The third kappa shape index (κ3) is 10.4. The van der Waals surface area contributed by atoms with Gasteiger partial charge in [0, 0.05) is 0 Å². The number of hydrogen-bond donors (Lipinski definition) is 1. The van der Waals surface area contributed by atoms with Gasteiger partial charge in [0.2, 0.25) is 0 Å².